The van der Waals surface area contributed by atoms with Crippen LogP contribution in [0.3, 0.4) is 0 Å². The summed E-state index contributed by atoms with van der Waals surface area (Å²) in [6, 6.07) is 0. The Kier molecular flexibility index (Phi) is 2.41. The Bertz CT molecular complexity index is 590. The summed E-state index contributed by atoms with van der Waals surface area (Å²) in [5.41, 5.74) is 0.798. The van der Waals surface area contributed by atoms with Crippen LogP contribution in [0.2, 0.25) is 0 Å². The van der Waals surface area contributed by atoms with Gasteiger partial charge in [-0.15, -0.1) is 0 Å². The second-order valence-electron chi connectivity index (χ2n) is 4.08. The van der Waals surface area contributed by atoms with Crippen molar-refractivity contribution in [2.45, 2.75) is 25.2 Å². The number of aromatic amines is 2. The quantitative estimate of drug-likeness (QED) is 0.596. The van der Waals surface area contributed by atoms with Crippen LogP contribution in [0.25, 0.3) is 11.2 Å². The van der Waals surface area contributed by atoms with Gasteiger partial charge >= 0.3 is 5.65 Å². The topological polar surface area (TPSA) is 94.9 Å². The third-order valence-electron chi connectivity index (χ3n) is 3.02. The fourth-order valence-electron chi connectivity index (χ4n) is 2.16. The van der Waals surface area contributed by atoms with Gasteiger partial charge in [-0.25, -0.2) is 4.57 Å². The molecule has 1 aliphatic heterocycles. The fraction of sp³-hybridized carbons (Fsp3) is 0.500. The summed E-state index contributed by atoms with van der Waals surface area (Å²) in [7, 11) is 0. The fourth-order valence-corrected chi connectivity index (χ4v) is 2.16. The first-order valence-electron chi connectivity index (χ1n) is 5.52. The highest BCUT2D eigenvalue weighted by atomic mass is 16.5. The van der Waals surface area contributed by atoms with Crippen molar-refractivity contribution in [3.05, 3.63) is 23.0 Å². The van der Waals surface area contributed by atoms with Crippen molar-refractivity contribution in [1.29, 1.82) is 0 Å². The van der Waals surface area contributed by atoms with Crippen LogP contribution in [0.15, 0.2) is 17.4 Å². The van der Waals surface area contributed by atoms with E-state index < -0.39 is 0 Å². The monoisotopic (exact) mass is 237 g/mol. The van der Waals surface area contributed by atoms with Crippen LogP contribution in [-0.4, -0.2) is 32.8 Å². The van der Waals surface area contributed by atoms with Crippen LogP contribution < -0.4 is 10.1 Å². The van der Waals surface area contributed by atoms with Crippen LogP contribution in [0.1, 0.15) is 19.1 Å². The van der Waals surface area contributed by atoms with Gasteiger partial charge in [-0.1, -0.05) is 4.98 Å². The molecule has 1 fully saturated rings. The molecule has 0 radical (unpaired) electrons. The van der Waals surface area contributed by atoms with Crippen LogP contribution in [0.5, 0.6) is 0 Å². The zero-order valence-corrected chi connectivity index (χ0v) is 9.09. The van der Waals surface area contributed by atoms with E-state index in [1.165, 1.54) is 6.33 Å². The molecule has 0 saturated carbocycles. The van der Waals surface area contributed by atoms with Gasteiger partial charge in [-0.3, -0.25) is 14.8 Å². The third-order valence-corrected chi connectivity index (χ3v) is 3.02. The molecule has 0 amide bonds. The molecule has 90 valence electrons. The number of nitrogens with zero attached hydrogens (tertiary/aromatic N) is 2. The van der Waals surface area contributed by atoms with E-state index in [2.05, 4.69) is 15.0 Å². The van der Waals surface area contributed by atoms with Crippen molar-refractivity contribution in [1.82, 2.24) is 15.0 Å². The maximum absolute atomic E-state index is 11.5. The van der Waals surface area contributed by atoms with E-state index in [-0.39, 0.29) is 24.5 Å². The molecule has 3 N–H and O–H groups in total. The maximum atomic E-state index is 11.5. The molecule has 0 spiro atoms. The Morgan fingerprint density at radius 3 is 3.18 bits per heavy atom. The first-order chi connectivity index (χ1) is 8.29. The number of hydrogen-bond donors (Lipinski definition) is 3. The van der Waals surface area contributed by atoms with Crippen LogP contribution >= 0.6 is 0 Å². The van der Waals surface area contributed by atoms with Crippen molar-refractivity contribution in [2.24, 2.45) is 0 Å². The number of rotatable bonds is 2. The molecule has 2 atom stereocenters. The second kappa shape index (κ2) is 3.94. The van der Waals surface area contributed by atoms with Gasteiger partial charge in [0.2, 0.25) is 5.52 Å². The molecule has 7 nitrogen and oxygen atoms in total. The van der Waals surface area contributed by atoms with E-state index >= 15 is 0 Å². The number of aliphatic hydroxyl groups is 1. The lowest BCUT2D eigenvalue weighted by atomic mass is 10.2. The van der Waals surface area contributed by atoms with Crippen molar-refractivity contribution in [3.8, 4) is 0 Å². The first-order valence-corrected chi connectivity index (χ1v) is 5.52. The number of aliphatic hydroxyl groups excluding tert-OH is 1. The molecule has 0 bridgehead atoms. The zero-order chi connectivity index (χ0) is 11.8. The molecular weight excluding hydrogens is 224 g/mol. The van der Waals surface area contributed by atoms with E-state index in [4.69, 9.17) is 9.84 Å². The summed E-state index contributed by atoms with van der Waals surface area (Å²) in [5.74, 6) is 0. The summed E-state index contributed by atoms with van der Waals surface area (Å²) in [5, 5.41) is 9.03. The highest BCUT2D eigenvalue weighted by Crippen LogP contribution is 2.24. The summed E-state index contributed by atoms with van der Waals surface area (Å²) in [6.07, 6.45) is 4.36. The third kappa shape index (κ3) is 1.63. The van der Waals surface area contributed by atoms with Gasteiger partial charge in [0, 0.05) is 6.42 Å². The molecule has 7 heteroatoms. The number of aromatic nitrogens is 4. The van der Waals surface area contributed by atoms with Crippen LogP contribution in [0.4, 0.5) is 0 Å². The average Bonchev–Trinajstić information content (AvgIpc) is 2.94. The number of nitrogens with one attached hydrogen (secondary N) is 2. The lowest BCUT2D eigenvalue weighted by Gasteiger charge is -2.09. The Morgan fingerprint density at radius 2 is 2.41 bits per heavy atom. The van der Waals surface area contributed by atoms with Crippen molar-refractivity contribution >= 4 is 11.2 Å². The minimum Gasteiger partial charge on any atom is -0.394 e. The van der Waals surface area contributed by atoms with Gasteiger partial charge in [0.15, 0.2) is 18.9 Å². The Hall–Kier alpha value is -1.73. The zero-order valence-electron chi connectivity index (χ0n) is 9.09. The van der Waals surface area contributed by atoms with Crippen molar-refractivity contribution in [2.75, 3.05) is 6.61 Å². The predicted molar refractivity (Wildman–Crippen MR) is 57.1 cm³/mol. The van der Waals surface area contributed by atoms with Gasteiger partial charge in [-0.05, 0) is 6.42 Å². The molecule has 2 unspecified atom stereocenters. The summed E-state index contributed by atoms with van der Waals surface area (Å²) >= 11 is 0. The summed E-state index contributed by atoms with van der Waals surface area (Å²) in [4.78, 5) is 21.0. The molecule has 0 aliphatic carbocycles. The van der Waals surface area contributed by atoms with Crippen molar-refractivity contribution < 1.29 is 14.4 Å². The van der Waals surface area contributed by atoms with Gasteiger partial charge in [0.25, 0.3) is 5.56 Å². The molecule has 2 aromatic heterocycles. The van der Waals surface area contributed by atoms with Gasteiger partial charge in [0.1, 0.15) is 0 Å². The molecule has 3 rings (SSSR count). The number of imidazole rings is 1. The largest absolute Gasteiger partial charge is 0.394 e. The van der Waals surface area contributed by atoms with Crippen molar-refractivity contribution in [3.63, 3.8) is 0 Å². The predicted octanol–water partition coefficient (Wildman–Crippen LogP) is -0.791. The van der Waals surface area contributed by atoms with E-state index in [1.54, 1.807) is 10.9 Å². The number of ether oxygens (including phenoxy) is 1. The molecule has 1 saturated heterocycles. The molecule has 2 aromatic rings. The first kappa shape index (κ1) is 10.4. The molecule has 17 heavy (non-hydrogen) atoms. The molecule has 3 heterocycles. The minimum absolute atomic E-state index is 0.0213. The number of H-pyrrole nitrogens is 2. The van der Waals surface area contributed by atoms with E-state index in [9.17, 15) is 4.79 Å². The van der Waals surface area contributed by atoms with Crippen LogP contribution in [-0.2, 0) is 4.74 Å². The van der Waals surface area contributed by atoms with E-state index in [0.29, 0.717) is 11.2 Å². The Balaban J connectivity index is 2.02. The highest BCUT2D eigenvalue weighted by Gasteiger charge is 2.31. The Morgan fingerprint density at radius 1 is 1.53 bits per heavy atom. The summed E-state index contributed by atoms with van der Waals surface area (Å²) < 4.78 is 7.44. The average molecular weight is 237 g/mol. The lowest BCUT2D eigenvalue weighted by Crippen LogP contribution is -2.39. The normalized spacial score (nSPS) is 24.5. The maximum Gasteiger partial charge on any atom is 0.311 e. The standard InChI is InChI=1S/C10H12N4O3/c15-3-6-1-2-7(17-6)14-5-13-8-9(14)11-4-12-10(8)16/h4-7,15H,1-3H2,(H,11,12,16)/p+1. The molecule has 0 aromatic carbocycles. The van der Waals surface area contributed by atoms with Gasteiger partial charge in [-0.2, -0.15) is 0 Å². The SMILES string of the molecule is O=c1[nH]cnc2c1[nH]c[n+]2C1CCC(CO)O1. The number of hydrogen-bond acceptors (Lipinski definition) is 4. The van der Waals surface area contributed by atoms with E-state index in [0.717, 1.165) is 12.8 Å². The van der Waals surface area contributed by atoms with Crippen LogP contribution in [0, 0.1) is 0 Å². The highest BCUT2D eigenvalue weighted by molar-refractivity contribution is 5.63. The molecule has 1 aliphatic rings. The minimum atomic E-state index is -0.203. The second-order valence-corrected chi connectivity index (χ2v) is 4.08. The smallest absolute Gasteiger partial charge is 0.311 e. The Labute approximate surface area is 96.1 Å². The lowest BCUT2D eigenvalue weighted by molar-refractivity contribution is -0.738. The number of fused-ring (bicyclic) bond motifs is 1. The van der Waals surface area contributed by atoms with Gasteiger partial charge < -0.3 is 9.84 Å². The van der Waals surface area contributed by atoms with E-state index in [1.807, 2.05) is 0 Å². The summed E-state index contributed by atoms with van der Waals surface area (Å²) in [6.45, 7) is 0.0213. The molecular formula is C10H13N4O3+. The van der Waals surface area contributed by atoms with Gasteiger partial charge in [0.05, 0.1) is 12.7 Å².